The van der Waals surface area contributed by atoms with Gasteiger partial charge in [0, 0.05) is 5.92 Å². The van der Waals surface area contributed by atoms with E-state index in [1.54, 1.807) is 0 Å². The Balaban J connectivity index is 3.64. The number of primary amides is 1. The van der Waals surface area contributed by atoms with Crippen molar-refractivity contribution in [1.29, 1.82) is 0 Å². The van der Waals surface area contributed by atoms with Gasteiger partial charge in [-0.1, -0.05) is 26.1 Å². The zero-order chi connectivity index (χ0) is 7.44. The number of hydrogen-bond donors (Lipinski definition) is 2. The molecule has 0 aromatic rings. The summed E-state index contributed by atoms with van der Waals surface area (Å²) < 4.78 is 0. The third kappa shape index (κ3) is 3.90. The van der Waals surface area contributed by atoms with Crippen molar-refractivity contribution in [1.82, 2.24) is 5.32 Å². The molecule has 4 heteroatoms. The molecule has 0 rings (SSSR count). The maximum Gasteiger partial charge on any atom is 0.317 e. The smallest absolute Gasteiger partial charge is 0.317 e. The van der Waals surface area contributed by atoms with E-state index in [-0.39, 0.29) is 5.92 Å². The number of amides is 2. The van der Waals surface area contributed by atoms with E-state index in [0.29, 0.717) is 4.99 Å². The lowest BCUT2D eigenvalue weighted by Crippen LogP contribution is -2.36. The molecule has 2 amide bonds. The Labute approximate surface area is 59.6 Å². The number of hydrogen-bond acceptors (Lipinski definition) is 2. The molecule has 0 heterocycles. The van der Waals surface area contributed by atoms with Gasteiger partial charge < -0.3 is 11.1 Å². The van der Waals surface area contributed by atoms with Gasteiger partial charge in [-0.25, -0.2) is 4.79 Å². The van der Waals surface area contributed by atoms with Gasteiger partial charge in [0.05, 0.1) is 4.99 Å². The zero-order valence-corrected chi connectivity index (χ0v) is 6.29. The third-order valence-electron chi connectivity index (χ3n) is 0.771. The van der Waals surface area contributed by atoms with Crippen LogP contribution in [0.4, 0.5) is 4.79 Å². The molecule has 0 saturated heterocycles. The fraction of sp³-hybridized carbons (Fsp3) is 0.600. The molecule has 0 aliphatic carbocycles. The van der Waals surface area contributed by atoms with Crippen LogP contribution in [0.3, 0.4) is 0 Å². The number of nitrogens with one attached hydrogen (secondary N) is 1. The SMILES string of the molecule is CC(C)C(=S)NC(N)=O. The van der Waals surface area contributed by atoms with Crippen molar-refractivity contribution in [3.05, 3.63) is 0 Å². The van der Waals surface area contributed by atoms with Gasteiger partial charge in [-0.05, 0) is 0 Å². The number of nitrogens with two attached hydrogens (primary N) is 1. The summed E-state index contributed by atoms with van der Waals surface area (Å²) in [5.74, 6) is 0.174. The first kappa shape index (κ1) is 8.36. The molecule has 52 valence electrons. The minimum absolute atomic E-state index is 0.174. The fourth-order valence-corrected chi connectivity index (χ4v) is 0.366. The summed E-state index contributed by atoms with van der Waals surface area (Å²) >= 11 is 4.74. The normalized spacial score (nSPS) is 9.22. The number of carbonyl (C=O) groups is 1. The van der Waals surface area contributed by atoms with Crippen molar-refractivity contribution in [2.75, 3.05) is 0 Å². The Kier molecular flexibility index (Phi) is 3.16. The molecule has 0 aromatic carbocycles. The van der Waals surface area contributed by atoms with Gasteiger partial charge in [-0.15, -0.1) is 0 Å². The summed E-state index contributed by atoms with van der Waals surface area (Å²) in [6, 6.07) is -0.589. The lowest BCUT2D eigenvalue weighted by atomic mass is 10.2. The lowest BCUT2D eigenvalue weighted by molar-refractivity contribution is 0.253. The first-order valence-electron chi connectivity index (χ1n) is 2.64. The van der Waals surface area contributed by atoms with Gasteiger partial charge >= 0.3 is 6.03 Å². The quantitative estimate of drug-likeness (QED) is 0.533. The van der Waals surface area contributed by atoms with E-state index in [0.717, 1.165) is 0 Å². The number of urea groups is 1. The molecule has 0 saturated carbocycles. The monoisotopic (exact) mass is 146 g/mol. The minimum Gasteiger partial charge on any atom is -0.351 e. The van der Waals surface area contributed by atoms with E-state index in [1.165, 1.54) is 0 Å². The molecule has 0 fully saturated rings. The largest absolute Gasteiger partial charge is 0.351 e. The van der Waals surface area contributed by atoms with Crippen LogP contribution in [-0.4, -0.2) is 11.0 Å². The summed E-state index contributed by atoms with van der Waals surface area (Å²) in [6.07, 6.45) is 0. The second-order valence-electron chi connectivity index (χ2n) is 2.01. The highest BCUT2D eigenvalue weighted by Gasteiger charge is 2.02. The van der Waals surface area contributed by atoms with E-state index < -0.39 is 6.03 Å². The zero-order valence-electron chi connectivity index (χ0n) is 5.47. The van der Waals surface area contributed by atoms with Crippen molar-refractivity contribution < 1.29 is 4.79 Å². The molecule has 0 aromatic heterocycles. The van der Waals surface area contributed by atoms with Crippen molar-refractivity contribution in [2.45, 2.75) is 13.8 Å². The van der Waals surface area contributed by atoms with Crippen LogP contribution >= 0.6 is 12.2 Å². The van der Waals surface area contributed by atoms with Gasteiger partial charge in [-0.3, -0.25) is 0 Å². The number of thiocarbonyl (C=S) groups is 1. The standard InChI is InChI=1S/C5H10N2OS/c1-3(2)4(9)7-5(6)8/h3H,1-2H3,(H3,6,7,8,9). The molecule has 3 N–H and O–H groups in total. The Hall–Kier alpha value is -0.640. The van der Waals surface area contributed by atoms with Gasteiger partial charge in [0.25, 0.3) is 0 Å². The van der Waals surface area contributed by atoms with Crippen LogP contribution in [-0.2, 0) is 0 Å². The van der Waals surface area contributed by atoms with Crippen LogP contribution < -0.4 is 11.1 Å². The second kappa shape index (κ2) is 3.40. The summed E-state index contributed by atoms with van der Waals surface area (Å²) in [4.78, 5) is 10.6. The fourth-order valence-electron chi connectivity index (χ4n) is 0.266. The highest BCUT2D eigenvalue weighted by atomic mass is 32.1. The predicted octanol–water partition coefficient (Wildman–Crippen LogP) is 0.638. The van der Waals surface area contributed by atoms with Crippen LogP contribution in [0.5, 0.6) is 0 Å². The number of carbonyl (C=O) groups excluding carboxylic acids is 1. The molecular formula is C5H10N2OS. The van der Waals surface area contributed by atoms with E-state index >= 15 is 0 Å². The molecule has 0 radical (unpaired) electrons. The summed E-state index contributed by atoms with van der Waals surface area (Å²) in [6.45, 7) is 3.77. The van der Waals surface area contributed by atoms with E-state index in [1.807, 2.05) is 13.8 Å². The molecule has 0 aliphatic heterocycles. The number of rotatable bonds is 1. The Morgan fingerprint density at radius 2 is 2.11 bits per heavy atom. The summed E-state index contributed by atoms with van der Waals surface area (Å²) in [5, 5.41) is 2.31. The first-order chi connectivity index (χ1) is 4.04. The van der Waals surface area contributed by atoms with E-state index in [4.69, 9.17) is 18.0 Å². The van der Waals surface area contributed by atoms with Crippen LogP contribution in [0.15, 0.2) is 0 Å². The van der Waals surface area contributed by atoms with Crippen molar-refractivity contribution in [3.8, 4) is 0 Å². The average molecular weight is 146 g/mol. The molecule has 0 atom stereocenters. The molecule has 0 spiro atoms. The Morgan fingerprint density at radius 1 is 1.67 bits per heavy atom. The molecule has 0 aliphatic rings. The van der Waals surface area contributed by atoms with Gasteiger partial charge in [0.2, 0.25) is 0 Å². The second-order valence-corrected chi connectivity index (χ2v) is 2.45. The molecule has 0 bridgehead atoms. The van der Waals surface area contributed by atoms with Crippen LogP contribution in [0.25, 0.3) is 0 Å². The van der Waals surface area contributed by atoms with Gasteiger partial charge in [0.1, 0.15) is 0 Å². The van der Waals surface area contributed by atoms with Gasteiger partial charge in [0.15, 0.2) is 0 Å². The predicted molar refractivity (Wildman–Crippen MR) is 40.2 cm³/mol. The highest BCUT2D eigenvalue weighted by Crippen LogP contribution is 1.92. The summed E-state index contributed by atoms with van der Waals surface area (Å²) in [5.41, 5.74) is 4.79. The topological polar surface area (TPSA) is 55.1 Å². The van der Waals surface area contributed by atoms with Crippen molar-refractivity contribution in [2.24, 2.45) is 11.7 Å². The highest BCUT2D eigenvalue weighted by molar-refractivity contribution is 7.80. The molecule has 3 nitrogen and oxygen atoms in total. The molecular weight excluding hydrogens is 136 g/mol. The van der Waals surface area contributed by atoms with Crippen LogP contribution in [0.2, 0.25) is 0 Å². The van der Waals surface area contributed by atoms with E-state index in [9.17, 15) is 4.79 Å². The first-order valence-corrected chi connectivity index (χ1v) is 3.05. The van der Waals surface area contributed by atoms with Gasteiger partial charge in [-0.2, -0.15) is 0 Å². The van der Waals surface area contributed by atoms with Crippen molar-refractivity contribution in [3.63, 3.8) is 0 Å². The Morgan fingerprint density at radius 3 is 2.22 bits per heavy atom. The van der Waals surface area contributed by atoms with E-state index in [2.05, 4.69) is 5.32 Å². The molecule has 9 heavy (non-hydrogen) atoms. The maximum absolute atomic E-state index is 10.1. The third-order valence-corrected chi connectivity index (χ3v) is 1.34. The lowest BCUT2D eigenvalue weighted by Gasteiger charge is -2.05. The average Bonchev–Trinajstić information content (AvgIpc) is 1.63. The molecule has 0 unspecified atom stereocenters. The van der Waals surface area contributed by atoms with Crippen molar-refractivity contribution >= 4 is 23.2 Å². The minimum atomic E-state index is -0.589. The van der Waals surface area contributed by atoms with Crippen LogP contribution in [0.1, 0.15) is 13.8 Å². The van der Waals surface area contributed by atoms with Crippen LogP contribution in [0, 0.1) is 5.92 Å². The summed E-state index contributed by atoms with van der Waals surface area (Å²) in [7, 11) is 0. The Bertz CT molecular complexity index is 133. The maximum atomic E-state index is 10.1.